The minimum atomic E-state index is 0.355. The molecule has 6 nitrogen and oxygen atoms in total. The standard InChI is InChI=1S/C16H14ClN3O3/c1-21-13-6-3-9(7-14(13)22-2)16-19-15(20-23-16)11-5-4-10(18)8-12(11)17/h3-8H,18H2,1-2H3. The van der Waals surface area contributed by atoms with Crippen LogP contribution in [-0.4, -0.2) is 24.4 Å². The molecule has 3 aromatic rings. The van der Waals surface area contributed by atoms with E-state index < -0.39 is 0 Å². The van der Waals surface area contributed by atoms with Gasteiger partial charge in [0.25, 0.3) is 5.89 Å². The highest BCUT2D eigenvalue weighted by molar-refractivity contribution is 6.33. The Bertz CT molecular complexity index is 848. The quantitative estimate of drug-likeness (QED) is 0.734. The molecule has 0 unspecified atom stereocenters. The van der Waals surface area contributed by atoms with E-state index in [1.165, 1.54) is 0 Å². The third-order valence-electron chi connectivity index (χ3n) is 3.29. The summed E-state index contributed by atoms with van der Waals surface area (Å²) in [4.78, 5) is 4.37. The number of ether oxygens (including phenoxy) is 2. The van der Waals surface area contributed by atoms with Crippen molar-refractivity contribution >= 4 is 17.3 Å². The van der Waals surface area contributed by atoms with Crippen LogP contribution >= 0.6 is 11.6 Å². The van der Waals surface area contributed by atoms with Crippen LogP contribution in [0.5, 0.6) is 11.5 Å². The molecule has 1 aromatic heterocycles. The van der Waals surface area contributed by atoms with Crippen molar-refractivity contribution in [1.82, 2.24) is 10.1 Å². The summed E-state index contributed by atoms with van der Waals surface area (Å²) >= 11 is 6.17. The average Bonchev–Trinajstić information content (AvgIpc) is 3.03. The van der Waals surface area contributed by atoms with Crippen molar-refractivity contribution in [2.24, 2.45) is 0 Å². The first-order valence-corrected chi connectivity index (χ1v) is 7.11. The van der Waals surface area contributed by atoms with E-state index in [0.29, 0.717) is 45.1 Å². The topological polar surface area (TPSA) is 83.4 Å². The molecule has 2 N–H and O–H groups in total. The van der Waals surface area contributed by atoms with E-state index in [1.54, 1.807) is 44.6 Å². The second-order valence-corrected chi connectivity index (χ2v) is 5.14. The molecule has 118 valence electrons. The van der Waals surface area contributed by atoms with E-state index >= 15 is 0 Å². The minimum absolute atomic E-state index is 0.355. The van der Waals surface area contributed by atoms with Crippen LogP contribution in [0, 0.1) is 0 Å². The molecule has 0 aliphatic rings. The monoisotopic (exact) mass is 331 g/mol. The molecule has 0 spiro atoms. The predicted molar refractivity (Wildman–Crippen MR) is 87.7 cm³/mol. The lowest BCUT2D eigenvalue weighted by molar-refractivity contribution is 0.355. The Morgan fingerprint density at radius 3 is 2.52 bits per heavy atom. The molecule has 0 saturated carbocycles. The zero-order valence-electron chi connectivity index (χ0n) is 12.5. The first-order valence-electron chi connectivity index (χ1n) is 6.74. The summed E-state index contributed by atoms with van der Waals surface area (Å²) in [6, 6.07) is 10.5. The zero-order valence-corrected chi connectivity index (χ0v) is 13.3. The summed E-state index contributed by atoms with van der Waals surface area (Å²) in [5.41, 5.74) is 7.62. The van der Waals surface area contributed by atoms with Crippen LogP contribution in [0.25, 0.3) is 22.8 Å². The summed E-state index contributed by atoms with van der Waals surface area (Å²) in [6.45, 7) is 0. The van der Waals surface area contributed by atoms with Gasteiger partial charge in [0.2, 0.25) is 5.82 Å². The van der Waals surface area contributed by atoms with Gasteiger partial charge in [-0.25, -0.2) is 0 Å². The van der Waals surface area contributed by atoms with Gasteiger partial charge in [0.1, 0.15) is 0 Å². The number of rotatable bonds is 4. The summed E-state index contributed by atoms with van der Waals surface area (Å²) in [6.07, 6.45) is 0. The van der Waals surface area contributed by atoms with Crippen molar-refractivity contribution in [3.8, 4) is 34.3 Å². The third-order valence-corrected chi connectivity index (χ3v) is 3.60. The summed E-state index contributed by atoms with van der Waals surface area (Å²) in [5.74, 6) is 1.95. The smallest absolute Gasteiger partial charge is 0.258 e. The van der Waals surface area contributed by atoms with Crippen molar-refractivity contribution in [3.63, 3.8) is 0 Å². The first-order chi connectivity index (χ1) is 11.1. The lowest BCUT2D eigenvalue weighted by atomic mass is 10.2. The molecule has 0 amide bonds. The molecule has 0 bridgehead atoms. The van der Waals surface area contributed by atoms with Crippen LogP contribution in [0.15, 0.2) is 40.9 Å². The Kier molecular flexibility index (Phi) is 4.08. The molecule has 0 aliphatic heterocycles. The van der Waals surface area contributed by atoms with E-state index in [-0.39, 0.29) is 0 Å². The van der Waals surface area contributed by atoms with Crippen molar-refractivity contribution in [1.29, 1.82) is 0 Å². The lowest BCUT2D eigenvalue weighted by Gasteiger charge is -2.07. The van der Waals surface area contributed by atoms with E-state index in [4.69, 9.17) is 31.3 Å². The zero-order chi connectivity index (χ0) is 16.4. The second-order valence-electron chi connectivity index (χ2n) is 4.73. The van der Waals surface area contributed by atoms with Gasteiger partial charge in [-0.1, -0.05) is 16.8 Å². The largest absolute Gasteiger partial charge is 0.493 e. The van der Waals surface area contributed by atoms with Crippen LogP contribution in [0.1, 0.15) is 0 Å². The Morgan fingerprint density at radius 2 is 1.83 bits per heavy atom. The van der Waals surface area contributed by atoms with Crippen molar-refractivity contribution in [2.45, 2.75) is 0 Å². The Morgan fingerprint density at radius 1 is 1.04 bits per heavy atom. The fraction of sp³-hybridized carbons (Fsp3) is 0.125. The lowest BCUT2D eigenvalue weighted by Crippen LogP contribution is -1.91. The SMILES string of the molecule is COc1ccc(-c2nc(-c3ccc(N)cc3Cl)no2)cc1OC. The Labute approximate surface area is 137 Å². The number of hydrogen-bond acceptors (Lipinski definition) is 6. The molecule has 7 heteroatoms. The summed E-state index contributed by atoms with van der Waals surface area (Å²) < 4.78 is 15.8. The van der Waals surface area contributed by atoms with Gasteiger partial charge in [-0.2, -0.15) is 4.98 Å². The fourth-order valence-corrected chi connectivity index (χ4v) is 2.41. The number of nitrogen functional groups attached to an aromatic ring is 1. The summed E-state index contributed by atoms with van der Waals surface area (Å²) in [7, 11) is 3.14. The highest BCUT2D eigenvalue weighted by Crippen LogP contribution is 2.33. The third kappa shape index (κ3) is 2.93. The van der Waals surface area contributed by atoms with E-state index in [9.17, 15) is 0 Å². The molecular formula is C16H14ClN3O3. The number of nitrogens with zero attached hydrogens (tertiary/aromatic N) is 2. The molecule has 0 atom stereocenters. The van der Waals surface area contributed by atoms with E-state index in [2.05, 4.69) is 10.1 Å². The molecule has 0 fully saturated rings. The number of methoxy groups -OCH3 is 2. The first kappa shape index (κ1) is 15.2. The highest BCUT2D eigenvalue weighted by atomic mass is 35.5. The minimum Gasteiger partial charge on any atom is -0.493 e. The molecule has 0 saturated heterocycles. The van der Waals surface area contributed by atoms with Gasteiger partial charge in [0.05, 0.1) is 19.2 Å². The van der Waals surface area contributed by atoms with Crippen LogP contribution in [0.2, 0.25) is 5.02 Å². The molecule has 1 heterocycles. The number of aromatic nitrogens is 2. The van der Waals surface area contributed by atoms with Gasteiger partial charge in [0, 0.05) is 16.8 Å². The maximum atomic E-state index is 6.17. The van der Waals surface area contributed by atoms with Crippen molar-refractivity contribution in [2.75, 3.05) is 20.0 Å². The van der Waals surface area contributed by atoms with Gasteiger partial charge < -0.3 is 19.7 Å². The van der Waals surface area contributed by atoms with Crippen molar-refractivity contribution < 1.29 is 14.0 Å². The molecule has 3 rings (SSSR count). The highest BCUT2D eigenvalue weighted by Gasteiger charge is 2.15. The van der Waals surface area contributed by atoms with Crippen LogP contribution in [0.4, 0.5) is 5.69 Å². The van der Waals surface area contributed by atoms with Gasteiger partial charge in [-0.05, 0) is 36.4 Å². The molecule has 23 heavy (non-hydrogen) atoms. The Hall–Kier alpha value is -2.73. The number of hydrogen-bond donors (Lipinski definition) is 1. The maximum absolute atomic E-state index is 6.17. The van der Waals surface area contributed by atoms with Crippen LogP contribution < -0.4 is 15.2 Å². The number of anilines is 1. The Balaban J connectivity index is 1.99. The van der Waals surface area contributed by atoms with Crippen LogP contribution in [-0.2, 0) is 0 Å². The van der Waals surface area contributed by atoms with Crippen LogP contribution in [0.3, 0.4) is 0 Å². The predicted octanol–water partition coefficient (Wildman–Crippen LogP) is 3.66. The normalized spacial score (nSPS) is 10.6. The molecular weight excluding hydrogens is 318 g/mol. The second kappa shape index (κ2) is 6.18. The van der Waals surface area contributed by atoms with E-state index in [1.807, 2.05) is 6.07 Å². The fourth-order valence-electron chi connectivity index (χ4n) is 2.13. The average molecular weight is 332 g/mol. The van der Waals surface area contributed by atoms with Gasteiger partial charge in [-0.15, -0.1) is 0 Å². The van der Waals surface area contributed by atoms with Crippen molar-refractivity contribution in [3.05, 3.63) is 41.4 Å². The number of halogens is 1. The van der Waals surface area contributed by atoms with Gasteiger partial charge >= 0.3 is 0 Å². The number of nitrogens with two attached hydrogens (primary N) is 1. The maximum Gasteiger partial charge on any atom is 0.258 e. The number of benzene rings is 2. The summed E-state index contributed by atoms with van der Waals surface area (Å²) in [5, 5.41) is 4.43. The molecule has 0 aliphatic carbocycles. The van der Waals surface area contributed by atoms with Gasteiger partial charge in [-0.3, -0.25) is 0 Å². The molecule has 0 radical (unpaired) electrons. The van der Waals surface area contributed by atoms with Gasteiger partial charge in [0.15, 0.2) is 11.5 Å². The molecule has 2 aromatic carbocycles. The van der Waals surface area contributed by atoms with E-state index in [0.717, 1.165) is 0 Å².